The Kier molecular flexibility index (Phi) is 4.76. The number of hydrogen-bond acceptors (Lipinski definition) is 3. The van der Waals surface area contributed by atoms with Crippen LogP contribution in [0.5, 0.6) is 5.75 Å². The Bertz CT molecular complexity index is 586. The molecule has 6 heteroatoms. The summed E-state index contributed by atoms with van der Waals surface area (Å²) in [5.74, 6) is 1.59. The van der Waals surface area contributed by atoms with Crippen LogP contribution in [0, 0.1) is 11.8 Å². The Balaban J connectivity index is 2.25. The first-order chi connectivity index (χ1) is 9.36. The molecule has 1 aliphatic rings. The molecule has 1 saturated heterocycles. The second-order valence-corrected chi connectivity index (χ2v) is 8.24. The smallest absolute Gasteiger partial charge is 0.243 e. The average molecular weight is 362 g/mol. The molecule has 2 rings (SSSR count). The van der Waals surface area contributed by atoms with Crippen LogP contribution in [-0.2, 0) is 10.0 Å². The standard InChI is InChI=1S/C14H20BrNO3S/c1-10(2)11-6-7-16(9-11)20(17,18)12-4-5-14(19-3)13(15)8-12/h4-5,8,10-11H,6-7,9H2,1-3H3. The summed E-state index contributed by atoms with van der Waals surface area (Å²) in [5, 5.41) is 0. The predicted octanol–water partition coefficient (Wildman–Crippen LogP) is 3.12. The molecule has 1 unspecified atom stereocenters. The van der Waals surface area contributed by atoms with Crippen LogP contribution in [0.25, 0.3) is 0 Å². The fourth-order valence-corrected chi connectivity index (χ4v) is 4.70. The maximum absolute atomic E-state index is 12.6. The van der Waals surface area contributed by atoms with Gasteiger partial charge >= 0.3 is 0 Å². The topological polar surface area (TPSA) is 46.6 Å². The molecule has 0 N–H and O–H groups in total. The van der Waals surface area contributed by atoms with Crippen molar-refractivity contribution in [1.29, 1.82) is 0 Å². The highest BCUT2D eigenvalue weighted by Crippen LogP contribution is 2.32. The van der Waals surface area contributed by atoms with E-state index in [0.29, 0.717) is 40.0 Å². The van der Waals surface area contributed by atoms with E-state index in [1.165, 1.54) is 0 Å². The molecule has 112 valence electrons. The van der Waals surface area contributed by atoms with Crippen molar-refractivity contribution in [2.75, 3.05) is 20.2 Å². The number of ether oxygens (including phenoxy) is 1. The molecule has 0 aliphatic carbocycles. The summed E-state index contributed by atoms with van der Waals surface area (Å²) < 4.78 is 32.6. The number of halogens is 1. The van der Waals surface area contributed by atoms with Crippen LogP contribution in [0.4, 0.5) is 0 Å². The molecule has 1 atom stereocenters. The molecule has 20 heavy (non-hydrogen) atoms. The van der Waals surface area contributed by atoms with E-state index in [0.717, 1.165) is 6.42 Å². The molecule has 0 saturated carbocycles. The molecule has 0 spiro atoms. The summed E-state index contributed by atoms with van der Waals surface area (Å²) in [6.07, 6.45) is 0.939. The molecule has 0 radical (unpaired) electrons. The van der Waals surface area contributed by atoms with Crippen LogP contribution < -0.4 is 4.74 Å². The van der Waals surface area contributed by atoms with Crippen LogP contribution in [0.1, 0.15) is 20.3 Å². The van der Waals surface area contributed by atoms with E-state index >= 15 is 0 Å². The first-order valence-electron chi connectivity index (χ1n) is 6.70. The molecule has 1 fully saturated rings. The van der Waals surface area contributed by atoms with Gasteiger partial charge in [-0.15, -0.1) is 0 Å². The van der Waals surface area contributed by atoms with Crippen molar-refractivity contribution in [2.45, 2.75) is 25.2 Å². The van der Waals surface area contributed by atoms with E-state index in [1.807, 2.05) is 0 Å². The van der Waals surface area contributed by atoms with Gasteiger partial charge in [0.15, 0.2) is 0 Å². The van der Waals surface area contributed by atoms with Crippen LogP contribution in [0.2, 0.25) is 0 Å². The normalized spacial score (nSPS) is 20.6. The van der Waals surface area contributed by atoms with Gasteiger partial charge in [-0.2, -0.15) is 4.31 Å². The van der Waals surface area contributed by atoms with E-state index in [-0.39, 0.29) is 0 Å². The van der Waals surface area contributed by atoms with E-state index in [4.69, 9.17) is 4.74 Å². The Morgan fingerprint density at radius 3 is 2.60 bits per heavy atom. The van der Waals surface area contributed by atoms with Gasteiger partial charge in [0.1, 0.15) is 5.75 Å². The Hall–Kier alpha value is -0.590. The Morgan fingerprint density at radius 1 is 1.40 bits per heavy atom. The minimum atomic E-state index is -3.40. The number of rotatable bonds is 4. The lowest BCUT2D eigenvalue weighted by Crippen LogP contribution is -2.29. The minimum absolute atomic E-state index is 0.314. The number of benzene rings is 1. The third-order valence-electron chi connectivity index (χ3n) is 3.89. The molecule has 0 bridgehead atoms. The zero-order chi connectivity index (χ0) is 14.9. The maximum Gasteiger partial charge on any atom is 0.243 e. The van der Waals surface area contributed by atoms with E-state index in [1.54, 1.807) is 29.6 Å². The third kappa shape index (κ3) is 3.02. The van der Waals surface area contributed by atoms with E-state index in [9.17, 15) is 8.42 Å². The molecule has 1 heterocycles. The van der Waals surface area contributed by atoms with Crippen LogP contribution in [-0.4, -0.2) is 32.9 Å². The monoisotopic (exact) mass is 361 g/mol. The van der Waals surface area contributed by atoms with Crippen molar-refractivity contribution in [3.63, 3.8) is 0 Å². The molecular formula is C14H20BrNO3S. The fourth-order valence-electron chi connectivity index (χ4n) is 2.47. The van der Waals surface area contributed by atoms with Crippen molar-refractivity contribution in [2.24, 2.45) is 11.8 Å². The van der Waals surface area contributed by atoms with Crippen molar-refractivity contribution in [1.82, 2.24) is 4.31 Å². The lowest BCUT2D eigenvalue weighted by Gasteiger charge is -2.18. The first-order valence-corrected chi connectivity index (χ1v) is 8.93. The SMILES string of the molecule is COc1ccc(S(=O)(=O)N2CCC(C(C)C)C2)cc1Br. The second kappa shape index (κ2) is 6.03. The molecule has 1 aliphatic heterocycles. The number of hydrogen-bond donors (Lipinski definition) is 0. The lowest BCUT2D eigenvalue weighted by molar-refractivity contribution is 0.388. The van der Waals surface area contributed by atoms with Crippen LogP contribution in [0.3, 0.4) is 0 Å². The zero-order valence-electron chi connectivity index (χ0n) is 12.0. The maximum atomic E-state index is 12.6. The zero-order valence-corrected chi connectivity index (χ0v) is 14.4. The van der Waals surface area contributed by atoms with Crippen LogP contribution in [0.15, 0.2) is 27.6 Å². The number of methoxy groups -OCH3 is 1. The largest absolute Gasteiger partial charge is 0.496 e. The highest BCUT2D eigenvalue weighted by Gasteiger charge is 2.33. The van der Waals surface area contributed by atoms with Gasteiger partial charge < -0.3 is 4.74 Å². The van der Waals surface area contributed by atoms with Gasteiger partial charge in [-0.05, 0) is 52.4 Å². The van der Waals surface area contributed by atoms with Gasteiger partial charge in [-0.1, -0.05) is 13.8 Å². The summed E-state index contributed by atoms with van der Waals surface area (Å²) in [6, 6.07) is 4.88. The average Bonchev–Trinajstić information content (AvgIpc) is 2.89. The highest BCUT2D eigenvalue weighted by atomic mass is 79.9. The Morgan fingerprint density at radius 2 is 2.10 bits per heavy atom. The molecule has 4 nitrogen and oxygen atoms in total. The minimum Gasteiger partial charge on any atom is -0.496 e. The Labute approximate surface area is 129 Å². The first kappa shape index (κ1) is 15.8. The van der Waals surface area contributed by atoms with Crippen molar-refractivity contribution in [3.8, 4) is 5.75 Å². The lowest BCUT2D eigenvalue weighted by atomic mass is 9.96. The summed E-state index contributed by atoms with van der Waals surface area (Å²) >= 11 is 3.34. The summed E-state index contributed by atoms with van der Waals surface area (Å²) in [7, 11) is -1.85. The molecular weight excluding hydrogens is 342 g/mol. The molecule has 1 aromatic rings. The van der Waals surface area contributed by atoms with Gasteiger partial charge in [-0.25, -0.2) is 8.42 Å². The highest BCUT2D eigenvalue weighted by molar-refractivity contribution is 9.10. The van der Waals surface area contributed by atoms with Gasteiger partial charge in [-0.3, -0.25) is 0 Å². The molecule has 1 aromatic carbocycles. The van der Waals surface area contributed by atoms with Gasteiger partial charge in [0, 0.05) is 13.1 Å². The van der Waals surface area contributed by atoms with Crippen LogP contribution >= 0.6 is 15.9 Å². The fraction of sp³-hybridized carbons (Fsp3) is 0.571. The van der Waals surface area contributed by atoms with Gasteiger partial charge in [0.25, 0.3) is 0 Å². The predicted molar refractivity (Wildman–Crippen MR) is 82.4 cm³/mol. The van der Waals surface area contributed by atoms with Gasteiger partial charge in [0.05, 0.1) is 16.5 Å². The van der Waals surface area contributed by atoms with Gasteiger partial charge in [0.2, 0.25) is 10.0 Å². The quantitative estimate of drug-likeness (QED) is 0.827. The van der Waals surface area contributed by atoms with E-state index < -0.39 is 10.0 Å². The second-order valence-electron chi connectivity index (χ2n) is 5.45. The third-order valence-corrected chi connectivity index (χ3v) is 6.37. The van der Waals surface area contributed by atoms with E-state index in [2.05, 4.69) is 29.8 Å². The number of sulfonamides is 1. The van der Waals surface area contributed by atoms with Crippen molar-refractivity contribution < 1.29 is 13.2 Å². The molecule has 0 amide bonds. The molecule has 0 aromatic heterocycles. The van der Waals surface area contributed by atoms with Crippen molar-refractivity contribution in [3.05, 3.63) is 22.7 Å². The van der Waals surface area contributed by atoms with Crippen molar-refractivity contribution >= 4 is 26.0 Å². The summed E-state index contributed by atoms with van der Waals surface area (Å²) in [6.45, 7) is 5.51. The number of nitrogens with zero attached hydrogens (tertiary/aromatic N) is 1. The summed E-state index contributed by atoms with van der Waals surface area (Å²) in [4.78, 5) is 0.314. The summed E-state index contributed by atoms with van der Waals surface area (Å²) in [5.41, 5.74) is 0.